The third-order valence-corrected chi connectivity index (χ3v) is 3.24. The van der Waals surface area contributed by atoms with Gasteiger partial charge in [-0.3, -0.25) is 9.88 Å². The summed E-state index contributed by atoms with van der Waals surface area (Å²) in [5.41, 5.74) is 10.6. The van der Waals surface area contributed by atoms with E-state index in [4.69, 9.17) is 5.73 Å². The summed E-state index contributed by atoms with van der Waals surface area (Å²) in [5.74, 6) is 0. The van der Waals surface area contributed by atoms with Gasteiger partial charge in [0.1, 0.15) is 0 Å². The Morgan fingerprint density at radius 2 is 2.00 bits per heavy atom. The molecule has 0 radical (unpaired) electrons. The normalized spacial score (nSPS) is 10.9. The predicted molar refractivity (Wildman–Crippen MR) is 78.5 cm³/mol. The molecule has 1 heterocycles. The van der Waals surface area contributed by atoms with Crippen molar-refractivity contribution in [2.24, 2.45) is 5.73 Å². The quantitative estimate of drug-likeness (QED) is 0.892. The Hall–Kier alpha value is -1.71. The van der Waals surface area contributed by atoms with Gasteiger partial charge in [-0.2, -0.15) is 0 Å². The number of nitrogens with two attached hydrogens (primary N) is 1. The van der Waals surface area contributed by atoms with Gasteiger partial charge >= 0.3 is 0 Å². The van der Waals surface area contributed by atoms with E-state index in [-0.39, 0.29) is 0 Å². The van der Waals surface area contributed by atoms with Crippen LogP contribution in [-0.2, 0) is 19.6 Å². The highest BCUT2D eigenvalue weighted by atomic mass is 15.1. The first-order chi connectivity index (χ1) is 9.19. The first-order valence-electron chi connectivity index (χ1n) is 6.56. The molecule has 0 atom stereocenters. The van der Waals surface area contributed by atoms with E-state index in [1.807, 2.05) is 18.3 Å². The third kappa shape index (κ3) is 3.88. The standard InChI is InChI=1S/C16H21N3/c1-13-9-14(10-17)6-7-15(13)11-19(2)12-16-5-3-4-8-18-16/h3-9H,10-12,17H2,1-2H3. The molecule has 2 rings (SSSR count). The fraction of sp³-hybridized carbons (Fsp3) is 0.312. The molecule has 19 heavy (non-hydrogen) atoms. The van der Waals surface area contributed by atoms with Crippen LogP contribution in [0.15, 0.2) is 42.6 Å². The summed E-state index contributed by atoms with van der Waals surface area (Å²) in [6.45, 7) is 4.53. The van der Waals surface area contributed by atoms with E-state index in [2.05, 4.69) is 48.1 Å². The molecule has 0 aliphatic heterocycles. The fourth-order valence-electron chi connectivity index (χ4n) is 2.18. The molecular weight excluding hydrogens is 234 g/mol. The molecule has 0 spiro atoms. The Bertz CT molecular complexity index is 523. The van der Waals surface area contributed by atoms with E-state index in [9.17, 15) is 0 Å². The monoisotopic (exact) mass is 255 g/mol. The van der Waals surface area contributed by atoms with E-state index in [1.165, 1.54) is 16.7 Å². The number of nitrogens with zero attached hydrogens (tertiary/aromatic N) is 2. The Labute approximate surface area is 115 Å². The van der Waals surface area contributed by atoms with Gasteiger partial charge in [0.05, 0.1) is 5.69 Å². The van der Waals surface area contributed by atoms with E-state index in [0.717, 1.165) is 18.8 Å². The molecule has 1 aromatic carbocycles. The molecule has 2 aromatic rings. The second-order valence-electron chi connectivity index (χ2n) is 4.96. The SMILES string of the molecule is Cc1cc(CN)ccc1CN(C)Cc1ccccn1. The number of aromatic nitrogens is 1. The molecule has 0 bridgehead atoms. The van der Waals surface area contributed by atoms with Gasteiger partial charge in [-0.15, -0.1) is 0 Å². The minimum atomic E-state index is 0.602. The van der Waals surface area contributed by atoms with Gasteiger partial charge < -0.3 is 5.73 Å². The summed E-state index contributed by atoms with van der Waals surface area (Å²) >= 11 is 0. The number of benzene rings is 1. The molecule has 100 valence electrons. The predicted octanol–water partition coefficient (Wildman–Crippen LogP) is 2.48. The van der Waals surface area contributed by atoms with Crippen molar-refractivity contribution in [1.29, 1.82) is 0 Å². The number of pyridine rings is 1. The second kappa shape index (κ2) is 6.45. The topological polar surface area (TPSA) is 42.1 Å². The third-order valence-electron chi connectivity index (χ3n) is 3.24. The van der Waals surface area contributed by atoms with Crippen molar-refractivity contribution in [3.05, 3.63) is 65.0 Å². The number of aryl methyl sites for hydroxylation is 1. The van der Waals surface area contributed by atoms with Crippen molar-refractivity contribution in [1.82, 2.24) is 9.88 Å². The van der Waals surface area contributed by atoms with Crippen LogP contribution in [0.3, 0.4) is 0 Å². The van der Waals surface area contributed by atoms with Gasteiger partial charge in [-0.1, -0.05) is 24.3 Å². The zero-order chi connectivity index (χ0) is 13.7. The summed E-state index contributed by atoms with van der Waals surface area (Å²) in [6, 6.07) is 12.5. The maximum absolute atomic E-state index is 5.65. The minimum Gasteiger partial charge on any atom is -0.326 e. The lowest BCUT2D eigenvalue weighted by molar-refractivity contribution is 0.314. The van der Waals surface area contributed by atoms with Crippen molar-refractivity contribution in [2.75, 3.05) is 7.05 Å². The molecule has 0 unspecified atom stereocenters. The Morgan fingerprint density at radius 3 is 2.63 bits per heavy atom. The van der Waals surface area contributed by atoms with Crippen molar-refractivity contribution in [3.63, 3.8) is 0 Å². The summed E-state index contributed by atoms with van der Waals surface area (Å²) in [4.78, 5) is 6.62. The molecule has 3 nitrogen and oxygen atoms in total. The molecule has 0 amide bonds. The lowest BCUT2D eigenvalue weighted by atomic mass is 10.0. The average molecular weight is 255 g/mol. The van der Waals surface area contributed by atoms with E-state index in [0.29, 0.717) is 6.54 Å². The minimum absolute atomic E-state index is 0.602. The molecule has 1 aromatic heterocycles. The van der Waals surface area contributed by atoms with Crippen LogP contribution in [0.4, 0.5) is 0 Å². The zero-order valence-corrected chi connectivity index (χ0v) is 11.6. The zero-order valence-electron chi connectivity index (χ0n) is 11.6. The average Bonchev–Trinajstić information content (AvgIpc) is 2.42. The lowest BCUT2D eigenvalue weighted by Crippen LogP contribution is -2.18. The molecule has 0 saturated carbocycles. The molecule has 0 saturated heterocycles. The van der Waals surface area contributed by atoms with Gasteiger partial charge in [0, 0.05) is 25.8 Å². The van der Waals surface area contributed by atoms with Gasteiger partial charge in [-0.05, 0) is 42.8 Å². The van der Waals surface area contributed by atoms with E-state index in [1.54, 1.807) is 0 Å². The van der Waals surface area contributed by atoms with E-state index < -0.39 is 0 Å². The Morgan fingerprint density at radius 1 is 1.16 bits per heavy atom. The summed E-state index contributed by atoms with van der Waals surface area (Å²) in [5, 5.41) is 0. The number of rotatable bonds is 5. The highest BCUT2D eigenvalue weighted by Crippen LogP contribution is 2.13. The van der Waals surface area contributed by atoms with Crippen LogP contribution in [0.2, 0.25) is 0 Å². The van der Waals surface area contributed by atoms with Crippen LogP contribution >= 0.6 is 0 Å². The van der Waals surface area contributed by atoms with Crippen molar-refractivity contribution in [2.45, 2.75) is 26.6 Å². The van der Waals surface area contributed by atoms with Crippen LogP contribution < -0.4 is 5.73 Å². The number of hydrogen-bond acceptors (Lipinski definition) is 3. The molecule has 0 fully saturated rings. The fourth-order valence-corrected chi connectivity index (χ4v) is 2.18. The van der Waals surface area contributed by atoms with Gasteiger partial charge in [-0.25, -0.2) is 0 Å². The van der Waals surface area contributed by atoms with Crippen molar-refractivity contribution >= 4 is 0 Å². The highest BCUT2D eigenvalue weighted by Gasteiger charge is 2.05. The van der Waals surface area contributed by atoms with Gasteiger partial charge in [0.2, 0.25) is 0 Å². The first-order valence-corrected chi connectivity index (χ1v) is 6.56. The second-order valence-corrected chi connectivity index (χ2v) is 4.96. The van der Waals surface area contributed by atoms with Crippen LogP contribution in [0.1, 0.15) is 22.4 Å². The van der Waals surface area contributed by atoms with Gasteiger partial charge in [0.25, 0.3) is 0 Å². The van der Waals surface area contributed by atoms with Crippen LogP contribution in [0, 0.1) is 6.92 Å². The molecule has 2 N–H and O–H groups in total. The lowest BCUT2D eigenvalue weighted by Gasteiger charge is -2.18. The van der Waals surface area contributed by atoms with Crippen molar-refractivity contribution in [3.8, 4) is 0 Å². The number of hydrogen-bond donors (Lipinski definition) is 1. The van der Waals surface area contributed by atoms with Gasteiger partial charge in [0.15, 0.2) is 0 Å². The Kier molecular flexibility index (Phi) is 4.66. The molecule has 0 aliphatic carbocycles. The van der Waals surface area contributed by atoms with Crippen molar-refractivity contribution < 1.29 is 0 Å². The summed E-state index contributed by atoms with van der Waals surface area (Å²) < 4.78 is 0. The maximum atomic E-state index is 5.65. The van der Waals surface area contributed by atoms with Crippen LogP contribution in [0.5, 0.6) is 0 Å². The molecular formula is C16H21N3. The summed E-state index contributed by atoms with van der Waals surface area (Å²) in [7, 11) is 2.12. The first kappa shape index (κ1) is 13.7. The highest BCUT2D eigenvalue weighted by molar-refractivity contribution is 5.31. The van der Waals surface area contributed by atoms with E-state index >= 15 is 0 Å². The summed E-state index contributed by atoms with van der Waals surface area (Å²) in [6.07, 6.45) is 1.84. The maximum Gasteiger partial charge on any atom is 0.0543 e. The largest absolute Gasteiger partial charge is 0.326 e. The molecule has 3 heteroatoms. The molecule has 0 aliphatic rings. The smallest absolute Gasteiger partial charge is 0.0543 e. The van der Waals surface area contributed by atoms with Crippen LogP contribution in [-0.4, -0.2) is 16.9 Å². The Balaban J connectivity index is 2.01. The van der Waals surface area contributed by atoms with Crippen LogP contribution in [0.25, 0.3) is 0 Å².